The van der Waals surface area contributed by atoms with Gasteiger partial charge >= 0.3 is 5.97 Å². The highest BCUT2D eigenvalue weighted by Gasteiger charge is 2.01. The molecule has 0 aliphatic rings. The molecule has 0 spiro atoms. The molecule has 2 nitrogen and oxygen atoms in total. The van der Waals surface area contributed by atoms with Crippen LogP contribution in [0.1, 0.15) is 79.1 Å². The maximum absolute atomic E-state index is 11.5. The Labute approximate surface area is 125 Å². The van der Waals surface area contributed by atoms with Crippen LogP contribution in [-0.2, 0) is 9.53 Å². The fourth-order valence-corrected chi connectivity index (χ4v) is 1.91. The Hall–Kier alpha value is -1.05. The highest BCUT2D eigenvalue weighted by atomic mass is 16.5. The maximum atomic E-state index is 11.5. The molecule has 0 rings (SSSR count). The van der Waals surface area contributed by atoms with Crippen LogP contribution in [0, 0.1) is 5.92 Å². The Bertz CT molecular complexity index is 299. The molecule has 0 heterocycles. The topological polar surface area (TPSA) is 26.3 Å². The normalized spacial score (nSPS) is 12.4. The Balaban J connectivity index is 3.61. The Morgan fingerprint density at radius 2 is 1.85 bits per heavy atom. The lowest BCUT2D eigenvalue weighted by atomic mass is 10.1. The lowest BCUT2D eigenvalue weighted by Crippen LogP contribution is -1.99. The smallest absolute Gasteiger partial charge is 0.310 e. The van der Waals surface area contributed by atoms with Crippen molar-refractivity contribution in [3.63, 3.8) is 0 Å². The monoisotopic (exact) mass is 280 g/mol. The van der Waals surface area contributed by atoms with Crippen LogP contribution >= 0.6 is 0 Å². The molecule has 0 aliphatic heterocycles. The molecule has 2 heteroatoms. The minimum absolute atomic E-state index is 0.103. The number of ether oxygens (including phenoxy) is 1. The van der Waals surface area contributed by atoms with Crippen molar-refractivity contribution in [3.8, 4) is 0 Å². The number of esters is 1. The molecule has 0 fully saturated rings. The molecule has 0 amide bonds. The highest BCUT2D eigenvalue weighted by molar-refractivity contribution is 5.69. The van der Waals surface area contributed by atoms with Gasteiger partial charge in [0.15, 0.2) is 0 Å². The zero-order valence-electron chi connectivity index (χ0n) is 13.8. The minimum atomic E-state index is -0.103. The third kappa shape index (κ3) is 13.4. The van der Waals surface area contributed by atoms with Crippen LogP contribution in [0.2, 0.25) is 0 Å². The number of rotatable bonds is 11. The first kappa shape index (κ1) is 18.9. The van der Waals surface area contributed by atoms with E-state index < -0.39 is 0 Å². The summed E-state index contributed by atoms with van der Waals surface area (Å²) in [5.74, 6) is 0.345. The summed E-state index contributed by atoms with van der Waals surface area (Å²) in [5, 5.41) is 0. The summed E-state index contributed by atoms with van der Waals surface area (Å²) in [6.45, 7) is 8.57. The fraction of sp³-hybridized carbons (Fsp3) is 0.722. The van der Waals surface area contributed by atoms with E-state index in [0.29, 0.717) is 12.3 Å². The Morgan fingerprint density at radius 1 is 1.15 bits per heavy atom. The second kappa shape index (κ2) is 13.0. The number of hydrogen-bond donors (Lipinski definition) is 0. The molecule has 0 saturated carbocycles. The molecule has 0 aromatic carbocycles. The van der Waals surface area contributed by atoms with Gasteiger partial charge in [0.25, 0.3) is 0 Å². The van der Waals surface area contributed by atoms with Gasteiger partial charge in [0.05, 0.1) is 6.26 Å². The predicted molar refractivity (Wildman–Crippen MR) is 86.4 cm³/mol. The first-order valence-electron chi connectivity index (χ1n) is 8.05. The van der Waals surface area contributed by atoms with E-state index in [-0.39, 0.29) is 5.97 Å². The molecule has 20 heavy (non-hydrogen) atoms. The molecular weight excluding hydrogens is 248 g/mol. The van der Waals surface area contributed by atoms with Crippen molar-refractivity contribution in [1.82, 2.24) is 0 Å². The molecule has 0 bridgehead atoms. The number of unbranched alkanes of at least 4 members (excludes halogenated alkanes) is 4. The number of carbonyl (C=O) groups excluding carboxylic acids is 1. The fourth-order valence-electron chi connectivity index (χ4n) is 1.91. The van der Waals surface area contributed by atoms with Gasteiger partial charge in [-0.25, -0.2) is 0 Å². The summed E-state index contributed by atoms with van der Waals surface area (Å²) >= 11 is 0. The molecule has 0 radical (unpaired) electrons. The average molecular weight is 280 g/mol. The Kier molecular flexibility index (Phi) is 12.3. The SMILES string of the molecule is CCCCCCCC(=O)OC=CC(C)CCC=C(C)C. The zero-order chi connectivity index (χ0) is 15.2. The summed E-state index contributed by atoms with van der Waals surface area (Å²) < 4.78 is 5.11. The molecular formula is C18H32O2. The van der Waals surface area contributed by atoms with Gasteiger partial charge in [0.2, 0.25) is 0 Å². The van der Waals surface area contributed by atoms with Gasteiger partial charge in [0.1, 0.15) is 0 Å². The van der Waals surface area contributed by atoms with E-state index in [1.165, 1.54) is 24.8 Å². The molecule has 116 valence electrons. The predicted octanol–water partition coefficient (Wildman–Crippen LogP) is 5.79. The summed E-state index contributed by atoms with van der Waals surface area (Å²) in [7, 11) is 0. The van der Waals surface area contributed by atoms with Crippen LogP contribution < -0.4 is 0 Å². The van der Waals surface area contributed by atoms with Crippen LogP contribution in [0.5, 0.6) is 0 Å². The van der Waals surface area contributed by atoms with Gasteiger partial charge in [-0.3, -0.25) is 4.79 Å². The van der Waals surface area contributed by atoms with E-state index in [1.54, 1.807) is 6.26 Å². The summed E-state index contributed by atoms with van der Waals surface area (Å²) in [5.41, 5.74) is 1.36. The lowest BCUT2D eigenvalue weighted by Gasteiger charge is -2.04. The molecule has 0 saturated heterocycles. The van der Waals surface area contributed by atoms with Gasteiger partial charge in [-0.2, -0.15) is 0 Å². The van der Waals surface area contributed by atoms with E-state index in [9.17, 15) is 4.79 Å². The zero-order valence-corrected chi connectivity index (χ0v) is 13.8. The number of hydrogen-bond acceptors (Lipinski definition) is 2. The third-order valence-electron chi connectivity index (χ3n) is 3.27. The van der Waals surface area contributed by atoms with E-state index in [2.05, 4.69) is 33.8 Å². The maximum Gasteiger partial charge on any atom is 0.310 e. The first-order valence-corrected chi connectivity index (χ1v) is 8.05. The van der Waals surface area contributed by atoms with Crippen molar-refractivity contribution in [3.05, 3.63) is 24.0 Å². The van der Waals surface area contributed by atoms with Gasteiger partial charge in [-0.15, -0.1) is 0 Å². The van der Waals surface area contributed by atoms with E-state index >= 15 is 0 Å². The third-order valence-corrected chi connectivity index (χ3v) is 3.27. The summed E-state index contributed by atoms with van der Waals surface area (Å²) in [6.07, 6.45) is 14.3. The Morgan fingerprint density at radius 3 is 2.50 bits per heavy atom. The van der Waals surface area contributed by atoms with Crippen LogP contribution in [0.25, 0.3) is 0 Å². The molecule has 0 aliphatic carbocycles. The largest absolute Gasteiger partial charge is 0.435 e. The van der Waals surface area contributed by atoms with Crippen molar-refractivity contribution in [1.29, 1.82) is 0 Å². The number of carbonyl (C=O) groups is 1. The standard InChI is InChI=1S/C18H32O2/c1-5-6-7-8-9-13-18(19)20-15-14-17(4)12-10-11-16(2)3/h11,14-15,17H,5-10,12-13H2,1-4H3. The average Bonchev–Trinajstić information content (AvgIpc) is 2.38. The van der Waals surface area contributed by atoms with Crippen molar-refractivity contribution < 1.29 is 9.53 Å². The van der Waals surface area contributed by atoms with Crippen LogP contribution in [-0.4, -0.2) is 5.97 Å². The van der Waals surface area contributed by atoms with Crippen molar-refractivity contribution in [2.75, 3.05) is 0 Å². The van der Waals surface area contributed by atoms with Gasteiger partial charge in [-0.05, 0) is 45.1 Å². The first-order chi connectivity index (χ1) is 9.56. The second-order valence-electron chi connectivity index (χ2n) is 5.82. The number of allylic oxidation sites excluding steroid dienone is 3. The van der Waals surface area contributed by atoms with E-state index in [1.807, 2.05) is 6.08 Å². The van der Waals surface area contributed by atoms with Crippen LogP contribution in [0.4, 0.5) is 0 Å². The molecule has 0 aromatic rings. The molecule has 1 atom stereocenters. The summed E-state index contributed by atoms with van der Waals surface area (Å²) in [4.78, 5) is 11.5. The molecule has 0 N–H and O–H groups in total. The van der Waals surface area contributed by atoms with E-state index in [0.717, 1.165) is 25.7 Å². The molecule has 1 unspecified atom stereocenters. The summed E-state index contributed by atoms with van der Waals surface area (Å²) in [6, 6.07) is 0. The van der Waals surface area contributed by atoms with Crippen LogP contribution in [0.15, 0.2) is 24.0 Å². The highest BCUT2D eigenvalue weighted by Crippen LogP contribution is 2.10. The second-order valence-corrected chi connectivity index (χ2v) is 5.82. The van der Waals surface area contributed by atoms with Gasteiger partial charge < -0.3 is 4.74 Å². The van der Waals surface area contributed by atoms with Crippen LogP contribution in [0.3, 0.4) is 0 Å². The molecule has 0 aromatic heterocycles. The lowest BCUT2D eigenvalue weighted by molar-refractivity contribution is -0.138. The van der Waals surface area contributed by atoms with Gasteiger partial charge in [-0.1, -0.05) is 51.2 Å². The van der Waals surface area contributed by atoms with E-state index in [4.69, 9.17) is 4.74 Å². The minimum Gasteiger partial charge on any atom is -0.435 e. The van der Waals surface area contributed by atoms with Crippen molar-refractivity contribution in [2.45, 2.75) is 79.1 Å². The van der Waals surface area contributed by atoms with Crippen molar-refractivity contribution >= 4 is 5.97 Å². The quantitative estimate of drug-likeness (QED) is 0.207. The van der Waals surface area contributed by atoms with Crippen molar-refractivity contribution in [2.24, 2.45) is 5.92 Å². The van der Waals surface area contributed by atoms with Gasteiger partial charge in [0, 0.05) is 6.42 Å².